The van der Waals surface area contributed by atoms with Crippen LogP contribution in [0.5, 0.6) is 0 Å². The van der Waals surface area contributed by atoms with Crippen LogP contribution in [0, 0.1) is 0 Å². The predicted molar refractivity (Wildman–Crippen MR) is 87.1 cm³/mol. The Bertz CT molecular complexity index is 736. The van der Waals surface area contributed by atoms with Gasteiger partial charge in [-0.05, 0) is 14.0 Å². The molecular formula is C13H17ClN6OS. The molecule has 0 saturated heterocycles. The summed E-state index contributed by atoms with van der Waals surface area (Å²) >= 11 is 1.51. The fraction of sp³-hybridized carbons (Fsp3) is 0.385. The smallest absolute Gasteiger partial charge is 0.269 e. The van der Waals surface area contributed by atoms with Crippen molar-refractivity contribution < 1.29 is 4.52 Å². The van der Waals surface area contributed by atoms with Gasteiger partial charge in [-0.1, -0.05) is 5.16 Å². The van der Waals surface area contributed by atoms with Gasteiger partial charge in [0.25, 0.3) is 5.89 Å². The van der Waals surface area contributed by atoms with Crippen molar-refractivity contribution in [2.75, 3.05) is 7.05 Å². The second-order valence-corrected chi connectivity index (χ2v) is 5.87. The average molecular weight is 341 g/mol. The monoisotopic (exact) mass is 340 g/mol. The molecule has 0 radical (unpaired) electrons. The van der Waals surface area contributed by atoms with Gasteiger partial charge in [0, 0.05) is 31.3 Å². The van der Waals surface area contributed by atoms with Crippen LogP contribution in [-0.2, 0) is 13.5 Å². The molecule has 0 aliphatic rings. The van der Waals surface area contributed by atoms with E-state index in [-0.39, 0.29) is 12.4 Å². The first kappa shape index (κ1) is 16.6. The highest BCUT2D eigenvalue weighted by molar-refractivity contribution is 7.18. The zero-order valence-corrected chi connectivity index (χ0v) is 14.1. The quantitative estimate of drug-likeness (QED) is 0.766. The molecule has 1 N–H and O–H groups in total. The first-order valence-electron chi connectivity index (χ1n) is 6.61. The Morgan fingerprint density at radius 1 is 1.41 bits per heavy atom. The van der Waals surface area contributed by atoms with Gasteiger partial charge in [-0.2, -0.15) is 10.1 Å². The molecule has 0 aliphatic carbocycles. The van der Waals surface area contributed by atoms with Crippen molar-refractivity contribution in [3.05, 3.63) is 24.4 Å². The lowest BCUT2D eigenvalue weighted by molar-refractivity contribution is 0.419. The Balaban J connectivity index is 0.00000176. The second kappa shape index (κ2) is 6.99. The number of nitrogens with one attached hydrogen (secondary N) is 1. The SMILES string of the molecule is CNC(C)Cc1noc(-c2cnc(-c3cnn(C)c3)s2)n1.Cl. The Morgan fingerprint density at radius 2 is 2.23 bits per heavy atom. The fourth-order valence-corrected chi connectivity index (χ4v) is 2.66. The van der Waals surface area contributed by atoms with Gasteiger partial charge >= 0.3 is 0 Å². The number of aryl methyl sites for hydroxylation is 1. The molecule has 0 aliphatic heterocycles. The van der Waals surface area contributed by atoms with E-state index in [1.54, 1.807) is 17.1 Å². The van der Waals surface area contributed by atoms with Gasteiger partial charge in [0.1, 0.15) is 9.88 Å². The number of thiazole rings is 1. The molecule has 7 nitrogen and oxygen atoms in total. The molecule has 0 bridgehead atoms. The Kier molecular flexibility index (Phi) is 5.28. The Labute approximate surface area is 138 Å². The molecule has 3 aromatic heterocycles. The topological polar surface area (TPSA) is 81.7 Å². The van der Waals surface area contributed by atoms with Gasteiger partial charge in [-0.15, -0.1) is 23.7 Å². The molecule has 1 atom stereocenters. The predicted octanol–water partition coefficient (Wildman–Crippen LogP) is 2.17. The summed E-state index contributed by atoms with van der Waals surface area (Å²) in [6.45, 7) is 2.07. The fourth-order valence-electron chi connectivity index (χ4n) is 1.85. The molecule has 0 saturated carbocycles. The number of hydrogen-bond acceptors (Lipinski definition) is 7. The van der Waals surface area contributed by atoms with Crippen LogP contribution in [0.1, 0.15) is 12.7 Å². The summed E-state index contributed by atoms with van der Waals surface area (Å²) in [4.78, 5) is 9.67. The maximum absolute atomic E-state index is 5.31. The third-order valence-corrected chi connectivity index (χ3v) is 4.15. The molecule has 0 fully saturated rings. The lowest BCUT2D eigenvalue weighted by Gasteiger charge is -2.04. The Morgan fingerprint density at radius 3 is 2.91 bits per heavy atom. The van der Waals surface area contributed by atoms with Crippen LogP contribution in [-0.4, -0.2) is 38.0 Å². The highest BCUT2D eigenvalue weighted by Crippen LogP contribution is 2.30. The highest BCUT2D eigenvalue weighted by Gasteiger charge is 2.15. The first-order chi connectivity index (χ1) is 10.2. The molecule has 9 heteroatoms. The van der Waals surface area contributed by atoms with Crippen molar-refractivity contribution in [2.24, 2.45) is 7.05 Å². The van der Waals surface area contributed by atoms with Gasteiger partial charge in [0.2, 0.25) is 0 Å². The minimum Gasteiger partial charge on any atom is -0.333 e. The largest absolute Gasteiger partial charge is 0.333 e. The number of aromatic nitrogens is 5. The zero-order valence-electron chi connectivity index (χ0n) is 12.5. The average Bonchev–Trinajstić information content (AvgIpc) is 3.17. The third kappa shape index (κ3) is 3.52. The van der Waals surface area contributed by atoms with Crippen LogP contribution < -0.4 is 5.32 Å². The van der Waals surface area contributed by atoms with Crippen LogP contribution in [0.15, 0.2) is 23.1 Å². The molecule has 0 amide bonds. The normalized spacial score (nSPS) is 12.1. The van der Waals surface area contributed by atoms with Gasteiger partial charge in [0.15, 0.2) is 5.82 Å². The van der Waals surface area contributed by atoms with Crippen molar-refractivity contribution >= 4 is 23.7 Å². The minimum absolute atomic E-state index is 0. The van der Waals surface area contributed by atoms with Crippen molar-refractivity contribution in [2.45, 2.75) is 19.4 Å². The molecule has 22 heavy (non-hydrogen) atoms. The van der Waals surface area contributed by atoms with Crippen LogP contribution in [0.3, 0.4) is 0 Å². The van der Waals surface area contributed by atoms with Gasteiger partial charge < -0.3 is 9.84 Å². The highest BCUT2D eigenvalue weighted by atomic mass is 35.5. The first-order valence-corrected chi connectivity index (χ1v) is 7.42. The second-order valence-electron chi connectivity index (χ2n) is 4.84. The summed E-state index contributed by atoms with van der Waals surface area (Å²) in [5.74, 6) is 1.21. The Hall–Kier alpha value is -1.77. The molecular weight excluding hydrogens is 324 g/mol. The van der Waals surface area contributed by atoms with Crippen molar-refractivity contribution in [1.29, 1.82) is 0 Å². The minimum atomic E-state index is 0. The zero-order chi connectivity index (χ0) is 14.8. The van der Waals surface area contributed by atoms with Crippen LogP contribution in [0.4, 0.5) is 0 Å². The van der Waals surface area contributed by atoms with E-state index in [4.69, 9.17) is 4.52 Å². The van der Waals surface area contributed by atoms with E-state index in [2.05, 4.69) is 32.5 Å². The van der Waals surface area contributed by atoms with E-state index in [0.717, 1.165) is 21.9 Å². The number of nitrogens with zero attached hydrogens (tertiary/aromatic N) is 5. The number of halogens is 1. The maximum atomic E-state index is 5.31. The van der Waals surface area contributed by atoms with E-state index in [1.165, 1.54) is 11.3 Å². The summed E-state index contributed by atoms with van der Waals surface area (Å²) in [6.07, 6.45) is 6.20. The van der Waals surface area contributed by atoms with Gasteiger partial charge in [-0.3, -0.25) is 4.68 Å². The van der Waals surface area contributed by atoms with E-state index in [9.17, 15) is 0 Å². The summed E-state index contributed by atoms with van der Waals surface area (Å²) < 4.78 is 7.06. The van der Waals surface area contributed by atoms with E-state index in [0.29, 0.717) is 17.8 Å². The molecule has 3 heterocycles. The summed E-state index contributed by atoms with van der Waals surface area (Å²) in [6, 6.07) is 0.308. The van der Waals surface area contributed by atoms with Crippen LogP contribution >= 0.6 is 23.7 Å². The maximum Gasteiger partial charge on any atom is 0.269 e. The molecule has 0 aromatic carbocycles. The van der Waals surface area contributed by atoms with Crippen molar-refractivity contribution in [3.8, 4) is 21.3 Å². The van der Waals surface area contributed by atoms with E-state index < -0.39 is 0 Å². The van der Waals surface area contributed by atoms with E-state index >= 15 is 0 Å². The van der Waals surface area contributed by atoms with Crippen molar-refractivity contribution in [1.82, 2.24) is 30.2 Å². The lowest BCUT2D eigenvalue weighted by Crippen LogP contribution is -2.24. The van der Waals surface area contributed by atoms with E-state index in [1.807, 2.05) is 20.3 Å². The van der Waals surface area contributed by atoms with Gasteiger partial charge in [-0.25, -0.2) is 4.98 Å². The molecule has 3 rings (SSSR count). The standard InChI is InChI=1S/C13H16N6OS.ClH/c1-8(14-2)4-11-17-12(20-18-11)10-6-15-13(21-10)9-5-16-19(3)7-9;/h5-8,14H,4H2,1-3H3;1H. The number of hydrogen-bond donors (Lipinski definition) is 1. The third-order valence-electron chi connectivity index (χ3n) is 3.12. The number of likely N-dealkylation sites (N-methyl/N-ethyl adjacent to an activating group) is 1. The molecule has 3 aromatic rings. The van der Waals surface area contributed by atoms with Crippen LogP contribution in [0.25, 0.3) is 21.3 Å². The van der Waals surface area contributed by atoms with Gasteiger partial charge in [0.05, 0.1) is 12.4 Å². The molecule has 0 spiro atoms. The van der Waals surface area contributed by atoms with Crippen LogP contribution in [0.2, 0.25) is 0 Å². The number of rotatable bonds is 5. The van der Waals surface area contributed by atoms with Crippen molar-refractivity contribution in [3.63, 3.8) is 0 Å². The molecule has 1 unspecified atom stereocenters. The summed E-state index contributed by atoms with van der Waals surface area (Å²) in [5.41, 5.74) is 0.984. The molecule has 118 valence electrons. The lowest BCUT2D eigenvalue weighted by atomic mass is 10.2. The summed E-state index contributed by atoms with van der Waals surface area (Å²) in [7, 11) is 3.79. The summed E-state index contributed by atoms with van der Waals surface area (Å²) in [5, 5.41) is 12.2.